The lowest BCUT2D eigenvalue weighted by Crippen LogP contribution is -2.28. The maximum Gasteiger partial charge on any atom is 0.340 e. The molecule has 4 amide bonds. The maximum absolute atomic E-state index is 13.8. The number of benzene rings is 6. The van der Waals surface area contributed by atoms with Gasteiger partial charge < -0.3 is 20.1 Å². The van der Waals surface area contributed by atoms with Crippen molar-refractivity contribution in [2.45, 2.75) is 375 Å². The van der Waals surface area contributed by atoms with Gasteiger partial charge in [-0.05, 0) is 172 Å². The molecule has 0 fully saturated rings. The minimum atomic E-state index is -0.448. The molecule has 2 heterocycles. The molecule has 2 unspecified atom stereocenters. The Bertz CT molecular complexity index is 3980. The smallest absolute Gasteiger partial charge is 0.340 e. The van der Waals surface area contributed by atoms with E-state index in [0.29, 0.717) is 69.6 Å². The standard InChI is InChI=1S/C108H156N10O8/c1-7-11-15-19-23-25-27-31-37-45-57-87-67-75-93(76-68-87)109-103(119)91-71-79-95(80-72-91)117-105(121)101(85(5)115-117)113-111-99-65-53-51-63-97(99)107(123)125-83-55-43-35-33-41-49-61-89(59-47-39-29-21-17-13-9-3)90(60-48-40-30-22-18-14-10-4)62-50-42-34-36-44-56-84-126-108(124)98-64-52-54-66-100(98)112-114-102-86(6)116-118(106(102)122)96-81-73-92(74-82-96)104(120)110-94-77-69-88(70-78-94)58-46-38-32-28-26-24-20-16-12-8-2/h51-54,63-82,89-90,111-112H,7-50,55-62,83-84H2,1-6H3,(H,109,119)(H,110,120)/b113-101-,114-102-. The van der Waals surface area contributed by atoms with Gasteiger partial charge in [0, 0.05) is 22.5 Å². The van der Waals surface area contributed by atoms with Gasteiger partial charge in [0.25, 0.3) is 11.8 Å². The highest BCUT2D eigenvalue weighted by atomic mass is 16.5. The molecule has 0 spiro atoms. The number of hydrogen-bond donors (Lipinski definition) is 4. The van der Waals surface area contributed by atoms with Crippen LogP contribution in [0.2, 0.25) is 0 Å². The summed E-state index contributed by atoms with van der Waals surface area (Å²) in [5.74, 6) is -0.742. The molecule has 686 valence electrons. The van der Waals surface area contributed by atoms with Gasteiger partial charge in [-0.1, -0.05) is 372 Å². The Morgan fingerprint density at radius 1 is 0.325 bits per heavy atom. The van der Waals surface area contributed by atoms with Gasteiger partial charge in [0.15, 0.2) is 11.4 Å². The lowest BCUT2D eigenvalue weighted by Gasteiger charge is -2.28. The number of rotatable bonds is 69. The van der Waals surface area contributed by atoms with Crippen LogP contribution in [0.3, 0.4) is 0 Å². The molecule has 0 aromatic heterocycles. The highest BCUT2D eigenvalue weighted by Gasteiger charge is 2.33. The molecular formula is C108H156N10O8. The van der Waals surface area contributed by atoms with E-state index in [4.69, 9.17) is 9.47 Å². The highest BCUT2D eigenvalue weighted by Crippen LogP contribution is 2.35. The van der Waals surface area contributed by atoms with Gasteiger partial charge in [-0.25, -0.2) is 9.59 Å². The molecule has 0 saturated heterocycles. The number of amides is 4. The quantitative estimate of drug-likeness (QED) is 0.0160. The number of hydrogen-bond acceptors (Lipinski definition) is 14. The minimum absolute atomic E-state index is 0.112. The van der Waals surface area contributed by atoms with Crippen molar-refractivity contribution in [1.29, 1.82) is 0 Å². The number of nitrogens with one attached hydrogen (secondary N) is 4. The van der Waals surface area contributed by atoms with E-state index in [9.17, 15) is 28.8 Å². The van der Waals surface area contributed by atoms with Gasteiger partial charge in [-0.2, -0.15) is 30.4 Å². The van der Waals surface area contributed by atoms with Crippen molar-refractivity contribution in [3.05, 3.63) is 179 Å². The second-order valence-electron chi connectivity index (χ2n) is 35.5. The van der Waals surface area contributed by atoms with Crippen LogP contribution in [-0.4, -0.2) is 71.6 Å². The molecule has 2 aliphatic rings. The van der Waals surface area contributed by atoms with Crippen molar-refractivity contribution in [2.24, 2.45) is 32.2 Å². The lowest BCUT2D eigenvalue weighted by molar-refractivity contribution is -0.112. The molecule has 18 heteroatoms. The molecule has 8 rings (SSSR count). The van der Waals surface area contributed by atoms with Crippen LogP contribution in [0.15, 0.2) is 166 Å². The Morgan fingerprint density at radius 3 is 0.897 bits per heavy atom. The summed E-state index contributed by atoms with van der Waals surface area (Å²) in [5, 5.41) is 26.5. The largest absolute Gasteiger partial charge is 0.462 e. The third-order valence-electron chi connectivity index (χ3n) is 25.1. The number of anilines is 6. The molecule has 126 heavy (non-hydrogen) atoms. The van der Waals surface area contributed by atoms with Gasteiger partial charge in [-0.15, -0.1) is 0 Å². The van der Waals surface area contributed by atoms with Crippen molar-refractivity contribution < 1.29 is 38.2 Å². The number of esters is 2. The molecule has 18 nitrogen and oxygen atoms in total. The zero-order valence-corrected chi connectivity index (χ0v) is 78.1. The van der Waals surface area contributed by atoms with Crippen molar-refractivity contribution in [3.63, 3.8) is 0 Å². The average Bonchev–Trinajstić information content (AvgIpc) is 1.66. The molecule has 6 aromatic rings. The van der Waals surface area contributed by atoms with Gasteiger partial charge in [0.2, 0.25) is 0 Å². The summed E-state index contributed by atoms with van der Waals surface area (Å²) in [5.41, 5.74) is 14.4. The number of carbonyl (C=O) groups is 6. The fourth-order valence-corrected chi connectivity index (χ4v) is 17.3. The van der Waals surface area contributed by atoms with Crippen molar-refractivity contribution in [1.82, 2.24) is 0 Å². The van der Waals surface area contributed by atoms with Crippen LogP contribution in [0, 0.1) is 11.8 Å². The van der Waals surface area contributed by atoms with Gasteiger partial charge >= 0.3 is 23.8 Å². The van der Waals surface area contributed by atoms with E-state index in [2.05, 4.69) is 93.9 Å². The predicted molar refractivity (Wildman–Crippen MR) is 526 cm³/mol. The monoisotopic (exact) mass is 1720 g/mol. The first-order chi connectivity index (χ1) is 61.8. The number of unbranched alkanes of at least 4 members (excludes halogenated alkanes) is 40. The molecule has 0 radical (unpaired) electrons. The normalized spacial score (nSPS) is 13.8. The van der Waals surface area contributed by atoms with Gasteiger partial charge in [-0.3, -0.25) is 30.0 Å². The topological polar surface area (TPSA) is 225 Å². The second-order valence-corrected chi connectivity index (χ2v) is 35.5. The fourth-order valence-electron chi connectivity index (χ4n) is 17.3. The van der Waals surface area contributed by atoms with Crippen molar-refractivity contribution >= 4 is 92.5 Å². The average molecular weight is 1720 g/mol. The second kappa shape index (κ2) is 61.8. The number of nitrogens with zero attached hydrogens (tertiary/aromatic N) is 6. The minimum Gasteiger partial charge on any atom is -0.462 e. The SMILES string of the molecule is CCCCCCCCCCCCc1ccc(NC(=O)c2ccc(N3N=C(C)/C(=N/Nc4ccccc4C(=O)OCCCCCCCCC(CCCCCCCCC)C(CCCCCCCCC)CCCCCCCCOC(=O)c4ccccc4N/N=C4\C(=O)N(c5ccc(C(=O)Nc6ccc(CCCCCCCCCCCC)cc6)cc5)N=C4C)C3=O)cc2)cc1. The molecule has 0 saturated carbocycles. The first kappa shape index (κ1) is 102. The van der Waals surface area contributed by atoms with Crippen LogP contribution in [0.1, 0.15) is 415 Å². The van der Waals surface area contributed by atoms with E-state index in [1.807, 2.05) is 24.3 Å². The first-order valence-electron chi connectivity index (χ1n) is 49.8. The van der Waals surface area contributed by atoms with E-state index in [0.717, 1.165) is 74.6 Å². The van der Waals surface area contributed by atoms with E-state index < -0.39 is 23.8 Å². The fraction of sp³-hybridized carbons (Fsp3) is 0.574. The summed E-state index contributed by atoms with van der Waals surface area (Å²) in [6.45, 7) is 13.2. The van der Waals surface area contributed by atoms with Crippen molar-refractivity contribution in [2.75, 3.05) is 44.7 Å². The summed E-state index contributed by atoms with van der Waals surface area (Å²) in [6, 6.07) is 43.8. The summed E-state index contributed by atoms with van der Waals surface area (Å²) >= 11 is 0. The maximum atomic E-state index is 13.8. The number of carbonyl (C=O) groups excluding carboxylic acids is 6. The van der Waals surface area contributed by atoms with Crippen molar-refractivity contribution in [3.8, 4) is 0 Å². The van der Waals surface area contributed by atoms with Crippen LogP contribution < -0.4 is 31.5 Å². The zero-order chi connectivity index (χ0) is 89.2. The Labute approximate surface area is 757 Å². The Kier molecular flexibility index (Phi) is 49.9. The first-order valence-corrected chi connectivity index (χ1v) is 49.8. The molecule has 2 atom stereocenters. The number of hydrazone groups is 4. The third kappa shape index (κ3) is 38.2. The van der Waals surface area contributed by atoms with Crippen LogP contribution in [0.25, 0.3) is 0 Å². The summed E-state index contributed by atoms with van der Waals surface area (Å²) < 4.78 is 11.7. The van der Waals surface area contributed by atoms with Crippen LogP contribution in [0.4, 0.5) is 34.1 Å². The Balaban J connectivity index is 0.714. The van der Waals surface area contributed by atoms with E-state index in [1.165, 1.54) is 304 Å². The molecular weight excluding hydrogens is 1570 g/mol. The van der Waals surface area contributed by atoms with Crippen LogP contribution >= 0.6 is 0 Å². The lowest BCUT2D eigenvalue weighted by atomic mass is 9.78. The third-order valence-corrected chi connectivity index (χ3v) is 25.1. The van der Waals surface area contributed by atoms with Gasteiger partial charge in [0.1, 0.15) is 0 Å². The summed E-state index contributed by atoms with van der Waals surface area (Å²) in [7, 11) is 0. The molecule has 0 aliphatic carbocycles. The molecule has 2 aliphatic heterocycles. The molecule has 6 aromatic carbocycles. The molecule has 4 N–H and O–H groups in total. The predicted octanol–water partition coefficient (Wildman–Crippen LogP) is 29.5. The van der Waals surface area contributed by atoms with Crippen LogP contribution in [0.5, 0.6) is 0 Å². The summed E-state index contributed by atoms with van der Waals surface area (Å²) in [4.78, 5) is 81.3. The summed E-state index contributed by atoms with van der Waals surface area (Å²) in [6.07, 6.45) is 65.2. The van der Waals surface area contributed by atoms with E-state index >= 15 is 0 Å². The van der Waals surface area contributed by atoms with Gasteiger partial charge in [0.05, 0.1) is 58.5 Å². The zero-order valence-electron chi connectivity index (χ0n) is 78.1. The van der Waals surface area contributed by atoms with E-state index in [1.54, 1.807) is 111 Å². The van der Waals surface area contributed by atoms with Crippen LogP contribution in [-0.2, 0) is 31.9 Å². The Hall–Kier alpha value is -9.58. The molecule has 0 bridgehead atoms. The number of para-hydroxylation sites is 2. The highest BCUT2D eigenvalue weighted by molar-refractivity contribution is 6.72. The van der Waals surface area contributed by atoms with E-state index in [-0.39, 0.29) is 23.2 Å². The number of aryl methyl sites for hydroxylation is 2. The Morgan fingerprint density at radius 2 is 0.595 bits per heavy atom. The number of ether oxygens (including phenoxy) is 2.